The highest BCUT2D eigenvalue weighted by Gasteiger charge is 2.08. The Balaban J connectivity index is 2.48. The third-order valence-electron chi connectivity index (χ3n) is 2.75. The maximum Gasteiger partial charge on any atom is 0.0477 e. The van der Waals surface area contributed by atoms with Crippen molar-refractivity contribution in [2.75, 3.05) is 20.3 Å². The van der Waals surface area contributed by atoms with Crippen LogP contribution in [0.2, 0.25) is 0 Å². The molecule has 0 saturated heterocycles. The normalized spacial score (nSPS) is 12.6. The second-order valence-electron chi connectivity index (χ2n) is 4.26. The zero-order valence-corrected chi connectivity index (χ0v) is 12.9. The van der Waals surface area contributed by atoms with Gasteiger partial charge in [0, 0.05) is 23.3 Å². The van der Waals surface area contributed by atoms with Gasteiger partial charge in [-0.15, -0.1) is 0 Å². The van der Waals surface area contributed by atoms with E-state index in [1.54, 1.807) is 7.11 Å². The lowest BCUT2D eigenvalue weighted by atomic mass is 10.0. The first-order valence-electron chi connectivity index (χ1n) is 6.23. The molecule has 0 aliphatic carbocycles. The van der Waals surface area contributed by atoms with Crippen LogP contribution < -0.4 is 5.32 Å². The molecule has 3 heteroatoms. The molecule has 96 valence electrons. The van der Waals surface area contributed by atoms with Crippen molar-refractivity contribution in [1.29, 1.82) is 0 Å². The molecule has 0 heterocycles. The van der Waals surface area contributed by atoms with Crippen LogP contribution in [-0.2, 0) is 11.2 Å². The number of benzene rings is 1. The molecule has 0 fully saturated rings. The van der Waals surface area contributed by atoms with Gasteiger partial charge < -0.3 is 10.1 Å². The van der Waals surface area contributed by atoms with Gasteiger partial charge in [-0.3, -0.25) is 0 Å². The van der Waals surface area contributed by atoms with Crippen molar-refractivity contribution in [3.8, 4) is 0 Å². The van der Waals surface area contributed by atoms with Crippen molar-refractivity contribution in [2.45, 2.75) is 32.2 Å². The van der Waals surface area contributed by atoms with Gasteiger partial charge in [-0.1, -0.05) is 19.1 Å². The molecule has 0 amide bonds. The summed E-state index contributed by atoms with van der Waals surface area (Å²) < 4.78 is 6.46. The fraction of sp³-hybridized carbons (Fsp3) is 0.571. The Morgan fingerprint density at radius 2 is 2.00 bits per heavy atom. The van der Waals surface area contributed by atoms with Gasteiger partial charge >= 0.3 is 0 Å². The SMILES string of the molecule is CCCNC(CCOC)Cc1ccc(I)cc1. The molecule has 2 nitrogen and oxygen atoms in total. The molecule has 0 aliphatic heterocycles. The lowest BCUT2D eigenvalue weighted by Crippen LogP contribution is -2.32. The van der Waals surface area contributed by atoms with E-state index in [2.05, 4.69) is 59.1 Å². The largest absolute Gasteiger partial charge is 0.385 e. The van der Waals surface area contributed by atoms with Gasteiger partial charge in [0.15, 0.2) is 0 Å². The molecule has 1 aromatic carbocycles. The van der Waals surface area contributed by atoms with E-state index >= 15 is 0 Å². The predicted octanol–water partition coefficient (Wildman–Crippen LogP) is 3.24. The summed E-state index contributed by atoms with van der Waals surface area (Å²) in [6, 6.07) is 9.30. The molecular weight excluding hydrogens is 325 g/mol. The first kappa shape index (κ1) is 14.9. The number of ether oxygens (including phenoxy) is 1. The van der Waals surface area contributed by atoms with Crippen LogP contribution in [0.15, 0.2) is 24.3 Å². The van der Waals surface area contributed by atoms with E-state index in [-0.39, 0.29) is 0 Å². The standard InChI is InChI=1S/C14H22INO/c1-3-9-16-14(8-10-17-2)11-12-4-6-13(15)7-5-12/h4-7,14,16H,3,8-11H2,1-2H3. The van der Waals surface area contributed by atoms with E-state index in [9.17, 15) is 0 Å². The molecule has 17 heavy (non-hydrogen) atoms. The summed E-state index contributed by atoms with van der Waals surface area (Å²) in [6.07, 6.45) is 3.33. The topological polar surface area (TPSA) is 21.3 Å². The van der Waals surface area contributed by atoms with E-state index in [1.165, 1.54) is 15.6 Å². The number of methoxy groups -OCH3 is 1. The Labute approximate surface area is 118 Å². The first-order valence-corrected chi connectivity index (χ1v) is 7.31. The lowest BCUT2D eigenvalue weighted by molar-refractivity contribution is 0.182. The van der Waals surface area contributed by atoms with Gasteiger partial charge in [-0.2, -0.15) is 0 Å². The average molecular weight is 347 g/mol. The highest BCUT2D eigenvalue weighted by Crippen LogP contribution is 2.10. The minimum atomic E-state index is 0.523. The smallest absolute Gasteiger partial charge is 0.0477 e. The van der Waals surface area contributed by atoms with Crippen LogP contribution in [0.5, 0.6) is 0 Å². The molecule has 1 aromatic rings. The van der Waals surface area contributed by atoms with E-state index in [4.69, 9.17) is 4.74 Å². The third kappa shape index (κ3) is 6.38. The third-order valence-corrected chi connectivity index (χ3v) is 3.47. The molecule has 0 aliphatic rings. The number of halogens is 1. The lowest BCUT2D eigenvalue weighted by Gasteiger charge is -2.18. The molecular formula is C14H22INO. The van der Waals surface area contributed by atoms with Gasteiger partial charge in [-0.05, 0) is 66.1 Å². The van der Waals surface area contributed by atoms with Gasteiger partial charge in [0.05, 0.1) is 0 Å². The van der Waals surface area contributed by atoms with E-state index < -0.39 is 0 Å². The summed E-state index contributed by atoms with van der Waals surface area (Å²) in [7, 11) is 1.77. The van der Waals surface area contributed by atoms with Gasteiger partial charge in [0.1, 0.15) is 0 Å². The van der Waals surface area contributed by atoms with Crippen LogP contribution in [0, 0.1) is 3.57 Å². The second-order valence-corrected chi connectivity index (χ2v) is 5.51. The molecule has 1 unspecified atom stereocenters. The second kappa shape index (κ2) is 8.89. The van der Waals surface area contributed by atoms with Crippen LogP contribution in [-0.4, -0.2) is 26.3 Å². The maximum atomic E-state index is 5.17. The van der Waals surface area contributed by atoms with E-state index in [0.717, 1.165) is 26.0 Å². The number of nitrogens with one attached hydrogen (secondary N) is 1. The maximum absolute atomic E-state index is 5.17. The van der Waals surface area contributed by atoms with Crippen LogP contribution in [0.4, 0.5) is 0 Å². The summed E-state index contributed by atoms with van der Waals surface area (Å²) in [4.78, 5) is 0. The quantitative estimate of drug-likeness (QED) is 0.729. The van der Waals surface area contributed by atoms with Crippen molar-refractivity contribution < 1.29 is 4.74 Å². The summed E-state index contributed by atoms with van der Waals surface area (Å²) in [5.74, 6) is 0. The van der Waals surface area contributed by atoms with Crippen LogP contribution >= 0.6 is 22.6 Å². The van der Waals surface area contributed by atoms with E-state index in [0.29, 0.717) is 6.04 Å². The zero-order valence-electron chi connectivity index (χ0n) is 10.7. The van der Waals surface area contributed by atoms with Crippen molar-refractivity contribution in [1.82, 2.24) is 5.32 Å². The number of rotatable bonds is 8. The Hall–Kier alpha value is -0.130. The Morgan fingerprint density at radius 3 is 2.59 bits per heavy atom. The van der Waals surface area contributed by atoms with Gasteiger partial charge in [0.25, 0.3) is 0 Å². The monoisotopic (exact) mass is 347 g/mol. The zero-order chi connectivity index (χ0) is 12.5. The average Bonchev–Trinajstić information content (AvgIpc) is 2.35. The minimum Gasteiger partial charge on any atom is -0.385 e. The Bertz CT molecular complexity index is 292. The van der Waals surface area contributed by atoms with Crippen molar-refractivity contribution in [3.05, 3.63) is 33.4 Å². The summed E-state index contributed by atoms with van der Waals surface area (Å²) in [5.41, 5.74) is 1.40. The molecule has 0 spiro atoms. The van der Waals surface area contributed by atoms with Gasteiger partial charge in [-0.25, -0.2) is 0 Å². The Kier molecular flexibility index (Phi) is 7.81. The minimum absolute atomic E-state index is 0.523. The summed E-state index contributed by atoms with van der Waals surface area (Å²) in [6.45, 7) is 4.11. The molecule has 1 N–H and O–H groups in total. The van der Waals surface area contributed by atoms with Crippen molar-refractivity contribution >= 4 is 22.6 Å². The van der Waals surface area contributed by atoms with Crippen molar-refractivity contribution in [3.63, 3.8) is 0 Å². The van der Waals surface area contributed by atoms with Gasteiger partial charge in [0.2, 0.25) is 0 Å². The molecule has 0 bridgehead atoms. The van der Waals surface area contributed by atoms with Crippen molar-refractivity contribution in [2.24, 2.45) is 0 Å². The predicted molar refractivity (Wildman–Crippen MR) is 81.4 cm³/mol. The Morgan fingerprint density at radius 1 is 1.29 bits per heavy atom. The molecule has 1 atom stereocenters. The van der Waals surface area contributed by atoms with Crippen LogP contribution in [0.1, 0.15) is 25.3 Å². The molecule has 0 radical (unpaired) electrons. The molecule has 1 rings (SSSR count). The summed E-state index contributed by atoms with van der Waals surface area (Å²) in [5, 5.41) is 3.59. The summed E-state index contributed by atoms with van der Waals surface area (Å²) >= 11 is 2.34. The first-order chi connectivity index (χ1) is 8.26. The fourth-order valence-electron chi connectivity index (χ4n) is 1.79. The van der Waals surface area contributed by atoms with Crippen LogP contribution in [0.25, 0.3) is 0 Å². The fourth-order valence-corrected chi connectivity index (χ4v) is 2.15. The van der Waals surface area contributed by atoms with Crippen LogP contribution in [0.3, 0.4) is 0 Å². The number of hydrogen-bond acceptors (Lipinski definition) is 2. The molecule has 0 saturated carbocycles. The highest BCUT2D eigenvalue weighted by molar-refractivity contribution is 14.1. The number of hydrogen-bond donors (Lipinski definition) is 1. The highest BCUT2D eigenvalue weighted by atomic mass is 127. The molecule has 0 aromatic heterocycles. The van der Waals surface area contributed by atoms with E-state index in [1.807, 2.05) is 0 Å².